The van der Waals surface area contributed by atoms with Crippen LogP contribution in [-0.4, -0.2) is 34.2 Å². The largest absolute Gasteiger partial charge is 0.508 e. The van der Waals surface area contributed by atoms with Gasteiger partial charge in [0.05, 0.1) is 13.1 Å². The predicted octanol–water partition coefficient (Wildman–Crippen LogP) is 1.61. The Balaban J connectivity index is 2.98. The van der Waals surface area contributed by atoms with Crippen LogP contribution in [0.2, 0.25) is 0 Å². The highest BCUT2D eigenvalue weighted by atomic mass is 19.1. The van der Waals surface area contributed by atoms with Gasteiger partial charge in [-0.1, -0.05) is 12.0 Å². The quantitative estimate of drug-likeness (QED) is 0.780. The van der Waals surface area contributed by atoms with E-state index in [0.29, 0.717) is 5.56 Å². The fourth-order valence-corrected chi connectivity index (χ4v) is 1.69. The van der Waals surface area contributed by atoms with Crippen molar-refractivity contribution in [1.82, 2.24) is 4.90 Å². The summed E-state index contributed by atoms with van der Waals surface area (Å²) in [7, 11) is 0. The lowest BCUT2D eigenvalue weighted by atomic mass is 10.1. The zero-order valence-electron chi connectivity index (χ0n) is 9.93. The van der Waals surface area contributed by atoms with Crippen molar-refractivity contribution >= 4 is 5.97 Å². The van der Waals surface area contributed by atoms with Gasteiger partial charge in [-0.05, 0) is 13.0 Å². The number of benzene rings is 1. The average molecular weight is 251 g/mol. The lowest BCUT2D eigenvalue weighted by Gasteiger charge is -2.26. The molecule has 4 nitrogen and oxygen atoms in total. The molecule has 96 valence electrons. The SMILES string of the molecule is C#CCN(CC(=O)O)C(C)c1ccc(F)cc1O. The molecular formula is C13H14FNO3. The highest BCUT2D eigenvalue weighted by molar-refractivity contribution is 5.69. The second-order valence-electron chi connectivity index (χ2n) is 3.88. The summed E-state index contributed by atoms with van der Waals surface area (Å²) in [5.74, 6) is 0.583. The number of terminal acetylenes is 1. The summed E-state index contributed by atoms with van der Waals surface area (Å²) in [6.45, 7) is 1.58. The first-order chi connectivity index (χ1) is 8.45. The standard InChI is InChI=1S/C13H14FNO3/c1-3-6-15(8-13(17)18)9(2)11-5-4-10(14)7-12(11)16/h1,4-5,7,9,16H,6,8H2,2H3,(H,17,18). The lowest BCUT2D eigenvalue weighted by Crippen LogP contribution is -2.32. The Morgan fingerprint density at radius 2 is 2.28 bits per heavy atom. The molecule has 0 aromatic heterocycles. The number of carbonyl (C=O) groups is 1. The summed E-state index contributed by atoms with van der Waals surface area (Å²) in [5, 5.41) is 18.4. The van der Waals surface area contributed by atoms with Gasteiger partial charge in [0.1, 0.15) is 11.6 Å². The minimum Gasteiger partial charge on any atom is -0.508 e. The topological polar surface area (TPSA) is 60.8 Å². The van der Waals surface area contributed by atoms with Gasteiger partial charge < -0.3 is 10.2 Å². The van der Waals surface area contributed by atoms with Crippen LogP contribution in [-0.2, 0) is 4.79 Å². The van der Waals surface area contributed by atoms with Gasteiger partial charge in [0.2, 0.25) is 0 Å². The molecule has 18 heavy (non-hydrogen) atoms. The monoisotopic (exact) mass is 251 g/mol. The number of carboxylic acid groups (broad SMARTS) is 1. The van der Waals surface area contributed by atoms with E-state index in [2.05, 4.69) is 5.92 Å². The number of halogens is 1. The maximum Gasteiger partial charge on any atom is 0.317 e. The number of rotatable bonds is 5. The molecule has 2 N–H and O–H groups in total. The first kappa shape index (κ1) is 14.0. The Kier molecular flexibility index (Phi) is 4.69. The number of carboxylic acids is 1. The highest BCUT2D eigenvalue weighted by Gasteiger charge is 2.20. The summed E-state index contributed by atoms with van der Waals surface area (Å²) < 4.78 is 12.9. The molecule has 0 bridgehead atoms. The van der Waals surface area contributed by atoms with Crippen LogP contribution in [0.3, 0.4) is 0 Å². The fraction of sp³-hybridized carbons (Fsp3) is 0.308. The number of phenols is 1. The second kappa shape index (κ2) is 6.03. The van der Waals surface area contributed by atoms with Crippen molar-refractivity contribution in [1.29, 1.82) is 0 Å². The van der Waals surface area contributed by atoms with E-state index in [1.807, 2.05) is 0 Å². The number of hydrogen-bond acceptors (Lipinski definition) is 3. The van der Waals surface area contributed by atoms with E-state index in [-0.39, 0.29) is 18.8 Å². The molecule has 1 aromatic rings. The molecule has 1 atom stereocenters. The van der Waals surface area contributed by atoms with Gasteiger partial charge in [-0.25, -0.2) is 4.39 Å². The third kappa shape index (κ3) is 3.47. The average Bonchev–Trinajstić information content (AvgIpc) is 2.27. The Morgan fingerprint density at radius 3 is 2.78 bits per heavy atom. The van der Waals surface area contributed by atoms with Gasteiger partial charge in [-0.2, -0.15) is 0 Å². The van der Waals surface area contributed by atoms with E-state index in [1.165, 1.54) is 17.0 Å². The molecule has 0 aliphatic rings. The minimum absolute atomic E-state index is 0.129. The molecule has 1 aromatic carbocycles. The molecular weight excluding hydrogens is 237 g/mol. The third-order valence-corrected chi connectivity index (χ3v) is 2.62. The van der Waals surface area contributed by atoms with E-state index >= 15 is 0 Å². The number of aromatic hydroxyl groups is 1. The summed E-state index contributed by atoms with van der Waals surface area (Å²) in [5.41, 5.74) is 0.438. The molecule has 0 radical (unpaired) electrons. The van der Waals surface area contributed by atoms with E-state index in [0.717, 1.165) is 6.07 Å². The zero-order valence-corrected chi connectivity index (χ0v) is 9.93. The van der Waals surface area contributed by atoms with Crippen LogP contribution in [0.1, 0.15) is 18.5 Å². The number of phenolic OH excluding ortho intramolecular Hbond substituents is 1. The fourth-order valence-electron chi connectivity index (χ4n) is 1.69. The lowest BCUT2D eigenvalue weighted by molar-refractivity contribution is -0.138. The van der Waals surface area contributed by atoms with E-state index < -0.39 is 17.8 Å². The Bertz CT molecular complexity index is 482. The van der Waals surface area contributed by atoms with E-state index in [4.69, 9.17) is 11.5 Å². The van der Waals surface area contributed by atoms with Crippen LogP contribution in [0.15, 0.2) is 18.2 Å². The first-order valence-electron chi connectivity index (χ1n) is 5.33. The number of aliphatic carboxylic acids is 1. The van der Waals surface area contributed by atoms with Crippen molar-refractivity contribution in [2.45, 2.75) is 13.0 Å². The number of nitrogens with zero attached hydrogens (tertiary/aromatic N) is 1. The molecule has 5 heteroatoms. The maximum absolute atomic E-state index is 12.9. The van der Waals surface area contributed by atoms with Crippen molar-refractivity contribution in [3.05, 3.63) is 29.6 Å². The zero-order chi connectivity index (χ0) is 13.7. The second-order valence-corrected chi connectivity index (χ2v) is 3.88. The third-order valence-electron chi connectivity index (χ3n) is 2.62. The van der Waals surface area contributed by atoms with E-state index in [9.17, 15) is 14.3 Å². The Labute approximate surface area is 105 Å². The molecule has 0 amide bonds. The van der Waals surface area contributed by atoms with Gasteiger partial charge >= 0.3 is 5.97 Å². The smallest absolute Gasteiger partial charge is 0.317 e. The van der Waals surface area contributed by atoms with Crippen molar-refractivity contribution in [3.8, 4) is 18.1 Å². The van der Waals surface area contributed by atoms with E-state index in [1.54, 1.807) is 6.92 Å². The molecule has 0 fully saturated rings. The summed E-state index contributed by atoms with van der Waals surface area (Å²) in [4.78, 5) is 12.2. The maximum atomic E-state index is 12.9. The minimum atomic E-state index is -1.02. The summed E-state index contributed by atoms with van der Waals surface area (Å²) in [6.07, 6.45) is 5.18. The Morgan fingerprint density at radius 1 is 1.61 bits per heavy atom. The molecule has 0 spiro atoms. The molecule has 0 heterocycles. The summed E-state index contributed by atoms with van der Waals surface area (Å²) in [6, 6.07) is 3.19. The van der Waals surface area contributed by atoms with Gasteiger partial charge in [-0.15, -0.1) is 6.42 Å². The molecule has 1 rings (SSSR count). The predicted molar refractivity (Wildman–Crippen MR) is 64.5 cm³/mol. The van der Waals surface area contributed by atoms with Crippen molar-refractivity contribution in [3.63, 3.8) is 0 Å². The van der Waals surface area contributed by atoms with Crippen molar-refractivity contribution in [2.75, 3.05) is 13.1 Å². The van der Waals surface area contributed by atoms with Gasteiger partial charge in [-0.3, -0.25) is 9.69 Å². The van der Waals surface area contributed by atoms with Crippen LogP contribution in [0.5, 0.6) is 5.75 Å². The normalized spacial score (nSPS) is 12.1. The van der Waals surface area contributed by atoms with Crippen molar-refractivity contribution in [2.24, 2.45) is 0 Å². The molecule has 0 saturated carbocycles. The number of hydrogen-bond donors (Lipinski definition) is 2. The molecule has 0 aliphatic heterocycles. The highest BCUT2D eigenvalue weighted by Crippen LogP contribution is 2.28. The van der Waals surface area contributed by atoms with Crippen LogP contribution in [0.4, 0.5) is 4.39 Å². The molecule has 0 saturated heterocycles. The Hall–Kier alpha value is -2.06. The molecule has 0 aliphatic carbocycles. The molecule has 1 unspecified atom stereocenters. The summed E-state index contributed by atoms with van der Waals surface area (Å²) >= 11 is 0. The van der Waals surface area contributed by atoms with Crippen LogP contribution in [0.25, 0.3) is 0 Å². The van der Waals surface area contributed by atoms with Crippen molar-refractivity contribution < 1.29 is 19.4 Å². The van der Waals surface area contributed by atoms with Gasteiger partial charge in [0.15, 0.2) is 0 Å². The first-order valence-corrected chi connectivity index (χ1v) is 5.33. The van der Waals surface area contributed by atoms with Gasteiger partial charge in [0, 0.05) is 17.7 Å². The van der Waals surface area contributed by atoms with Gasteiger partial charge in [0.25, 0.3) is 0 Å². The van der Waals surface area contributed by atoms with Crippen LogP contribution < -0.4 is 0 Å². The van der Waals surface area contributed by atoms with Crippen LogP contribution >= 0.6 is 0 Å². The van der Waals surface area contributed by atoms with Crippen LogP contribution in [0, 0.1) is 18.2 Å².